The Morgan fingerprint density at radius 2 is 1.74 bits per heavy atom. The minimum atomic E-state index is -0.280. The number of anilines is 3. The van der Waals surface area contributed by atoms with Crippen molar-refractivity contribution in [1.29, 1.82) is 0 Å². The average Bonchev–Trinajstić information content (AvgIpc) is 3.37. The largest absolute Gasteiger partial charge is 0.495 e. The summed E-state index contributed by atoms with van der Waals surface area (Å²) in [5.74, 6) is 1.95. The molecule has 0 radical (unpaired) electrons. The molecule has 0 saturated carbocycles. The molecule has 1 amide bonds. The highest BCUT2D eigenvalue weighted by Crippen LogP contribution is 2.32. The van der Waals surface area contributed by atoms with Gasteiger partial charge in [-0.3, -0.25) is 9.78 Å². The number of H-pyrrole nitrogens is 1. The van der Waals surface area contributed by atoms with Crippen LogP contribution in [0.5, 0.6) is 17.2 Å². The van der Waals surface area contributed by atoms with E-state index >= 15 is 0 Å². The monoisotopic (exact) mass is 510 g/mol. The summed E-state index contributed by atoms with van der Waals surface area (Å²) in [7, 11) is 4.74. The van der Waals surface area contributed by atoms with Gasteiger partial charge in [-0.2, -0.15) is 0 Å². The van der Waals surface area contributed by atoms with Crippen LogP contribution >= 0.6 is 0 Å². The maximum Gasteiger partial charge on any atom is 0.272 e. The quantitative estimate of drug-likeness (QED) is 0.255. The Labute approximate surface area is 219 Å². The summed E-state index contributed by atoms with van der Waals surface area (Å²) in [5.41, 5.74) is 5.02. The van der Waals surface area contributed by atoms with Crippen LogP contribution in [0.4, 0.5) is 17.3 Å². The van der Waals surface area contributed by atoms with Crippen LogP contribution in [0.15, 0.2) is 67.1 Å². The number of nitrogens with one attached hydrogen (secondary N) is 3. The number of ether oxygens (including phenoxy) is 3. The number of amides is 1. The minimum Gasteiger partial charge on any atom is -0.495 e. The van der Waals surface area contributed by atoms with E-state index in [1.54, 1.807) is 58.1 Å². The second-order valence-corrected chi connectivity index (χ2v) is 8.47. The first kappa shape index (κ1) is 24.6. The zero-order valence-corrected chi connectivity index (χ0v) is 21.3. The molecule has 3 N–H and O–H groups in total. The fourth-order valence-corrected chi connectivity index (χ4v) is 3.98. The topological polar surface area (TPSA) is 123 Å². The molecule has 10 heteroatoms. The molecule has 5 rings (SSSR count). The molecule has 0 spiro atoms. The van der Waals surface area contributed by atoms with Crippen molar-refractivity contribution in [2.45, 2.75) is 6.92 Å². The number of benzene rings is 2. The summed E-state index contributed by atoms with van der Waals surface area (Å²) in [6.07, 6.45) is 5.02. The van der Waals surface area contributed by atoms with Crippen molar-refractivity contribution < 1.29 is 19.0 Å². The predicted octanol–water partition coefficient (Wildman–Crippen LogP) is 5.35. The van der Waals surface area contributed by atoms with Gasteiger partial charge in [-0.25, -0.2) is 9.97 Å². The highest BCUT2D eigenvalue weighted by Gasteiger charge is 2.14. The Kier molecular flexibility index (Phi) is 6.77. The molecule has 0 unspecified atom stereocenters. The number of aryl methyl sites for hydroxylation is 1. The van der Waals surface area contributed by atoms with E-state index in [0.29, 0.717) is 40.3 Å². The van der Waals surface area contributed by atoms with E-state index in [1.165, 1.54) is 0 Å². The lowest BCUT2D eigenvalue weighted by Gasteiger charge is -2.12. The molecule has 0 aliphatic carbocycles. The summed E-state index contributed by atoms with van der Waals surface area (Å²) in [5, 5.41) is 7.03. The van der Waals surface area contributed by atoms with Crippen molar-refractivity contribution in [1.82, 2.24) is 19.9 Å². The Hall–Kier alpha value is -5.12. The molecule has 5 aromatic rings. The van der Waals surface area contributed by atoms with Gasteiger partial charge in [0.15, 0.2) is 11.5 Å². The van der Waals surface area contributed by atoms with Crippen molar-refractivity contribution >= 4 is 34.1 Å². The molecular formula is C28H26N6O4. The molecule has 192 valence electrons. The summed E-state index contributed by atoms with van der Waals surface area (Å²) < 4.78 is 16.0. The van der Waals surface area contributed by atoms with Crippen molar-refractivity contribution in [2.75, 3.05) is 32.0 Å². The van der Waals surface area contributed by atoms with E-state index in [1.807, 2.05) is 37.3 Å². The number of hydrogen-bond acceptors (Lipinski definition) is 8. The average molecular weight is 511 g/mol. The van der Waals surface area contributed by atoms with Gasteiger partial charge < -0.3 is 29.8 Å². The first-order valence-corrected chi connectivity index (χ1v) is 11.7. The van der Waals surface area contributed by atoms with Gasteiger partial charge in [0.1, 0.15) is 11.4 Å². The Bertz CT molecular complexity index is 1590. The van der Waals surface area contributed by atoms with Crippen LogP contribution in [0.2, 0.25) is 0 Å². The molecule has 0 fully saturated rings. The third-order valence-corrected chi connectivity index (χ3v) is 6.01. The molecule has 0 bridgehead atoms. The predicted molar refractivity (Wildman–Crippen MR) is 146 cm³/mol. The molecule has 0 aliphatic rings. The van der Waals surface area contributed by atoms with Crippen LogP contribution in [0.3, 0.4) is 0 Å². The third kappa shape index (κ3) is 5.05. The van der Waals surface area contributed by atoms with E-state index in [-0.39, 0.29) is 5.91 Å². The normalized spacial score (nSPS) is 10.7. The van der Waals surface area contributed by atoms with Crippen LogP contribution in [-0.2, 0) is 0 Å². The number of methoxy groups -OCH3 is 3. The van der Waals surface area contributed by atoms with Crippen LogP contribution in [0.25, 0.3) is 22.2 Å². The number of aromatic nitrogens is 4. The SMILES string of the molecule is COc1cncc(-c2ccnc(Nc3cc(NC(=O)c4cc5cc(OC)c(OC)cc5[nH]4)ccc3C)n2)c1. The second kappa shape index (κ2) is 10.5. The number of carbonyl (C=O) groups excluding carboxylic acids is 1. The lowest BCUT2D eigenvalue weighted by molar-refractivity contribution is 0.102. The number of pyridine rings is 1. The number of fused-ring (bicyclic) bond motifs is 1. The molecule has 0 atom stereocenters. The zero-order valence-electron chi connectivity index (χ0n) is 21.3. The van der Waals surface area contributed by atoms with Gasteiger partial charge >= 0.3 is 0 Å². The Balaban J connectivity index is 1.36. The number of nitrogens with zero attached hydrogens (tertiary/aromatic N) is 3. The number of rotatable bonds is 8. The lowest BCUT2D eigenvalue weighted by atomic mass is 10.1. The summed E-state index contributed by atoms with van der Waals surface area (Å²) >= 11 is 0. The molecule has 2 aromatic carbocycles. The highest BCUT2D eigenvalue weighted by molar-refractivity contribution is 6.06. The summed E-state index contributed by atoms with van der Waals surface area (Å²) in [6, 6.07) is 14.6. The molecule has 0 aliphatic heterocycles. The molecule has 38 heavy (non-hydrogen) atoms. The number of aromatic amines is 1. The zero-order chi connectivity index (χ0) is 26.6. The maximum atomic E-state index is 13.0. The van der Waals surface area contributed by atoms with Gasteiger partial charge in [-0.05, 0) is 48.9 Å². The molecular weight excluding hydrogens is 484 g/mol. The van der Waals surface area contributed by atoms with Crippen LogP contribution in [-0.4, -0.2) is 47.2 Å². The summed E-state index contributed by atoms with van der Waals surface area (Å²) in [4.78, 5) is 29.3. The molecule has 3 aromatic heterocycles. The van der Waals surface area contributed by atoms with Crippen LogP contribution in [0.1, 0.15) is 16.1 Å². The van der Waals surface area contributed by atoms with Crippen molar-refractivity contribution in [2.24, 2.45) is 0 Å². The van der Waals surface area contributed by atoms with Crippen LogP contribution < -0.4 is 24.8 Å². The first-order valence-electron chi connectivity index (χ1n) is 11.7. The molecule has 3 heterocycles. The Morgan fingerprint density at radius 1 is 0.921 bits per heavy atom. The number of carbonyl (C=O) groups is 1. The Morgan fingerprint density at radius 3 is 2.53 bits per heavy atom. The van der Waals surface area contributed by atoms with Gasteiger partial charge in [0.2, 0.25) is 5.95 Å². The van der Waals surface area contributed by atoms with Crippen molar-refractivity contribution in [3.8, 4) is 28.5 Å². The third-order valence-electron chi connectivity index (χ3n) is 6.01. The highest BCUT2D eigenvalue weighted by atomic mass is 16.5. The van der Waals surface area contributed by atoms with E-state index in [9.17, 15) is 4.79 Å². The van der Waals surface area contributed by atoms with Gasteiger partial charge in [0.25, 0.3) is 5.91 Å². The van der Waals surface area contributed by atoms with Gasteiger partial charge in [0, 0.05) is 46.3 Å². The fraction of sp³-hybridized carbons (Fsp3) is 0.143. The first-order chi connectivity index (χ1) is 18.5. The standard InChI is InChI=1S/C28H26N6O4/c1-16-5-6-19(31-27(35)24-10-17-11-25(37-3)26(38-4)13-23(17)32-24)12-22(16)34-28-30-8-7-21(33-28)18-9-20(36-2)15-29-14-18/h5-15,32H,1-4H3,(H,31,35)(H,30,33,34). The maximum absolute atomic E-state index is 13.0. The van der Waals surface area contributed by atoms with Crippen LogP contribution in [0, 0.1) is 6.92 Å². The smallest absolute Gasteiger partial charge is 0.272 e. The van der Waals surface area contributed by atoms with Crippen molar-refractivity contribution in [3.63, 3.8) is 0 Å². The minimum absolute atomic E-state index is 0.280. The van der Waals surface area contributed by atoms with E-state index < -0.39 is 0 Å². The lowest BCUT2D eigenvalue weighted by Crippen LogP contribution is -2.12. The van der Waals surface area contributed by atoms with Crippen molar-refractivity contribution in [3.05, 3.63) is 78.4 Å². The van der Waals surface area contributed by atoms with E-state index in [0.717, 1.165) is 27.7 Å². The second-order valence-electron chi connectivity index (χ2n) is 8.47. The van der Waals surface area contributed by atoms with E-state index in [2.05, 4.69) is 30.6 Å². The van der Waals surface area contributed by atoms with Gasteiger partial charge in [-0.15, -0.1) is 0 Å². The molecule has 0 saturated heterocycles. The summed E-state index contributed by atoms with van der Waals surface area (Å²) in [6.45, 7) is 1.96. The van der Waals surface area contributed by atoms with E-state index in [4.69, 9.17) is 14.2 Å². The van der Waals surface area contributed by atoms with Gasteiger partial charge in [0.05, 0.1) is 33.2 Å². The number of hydrogen-bond donors (Lipinski definition) is 3. The van der Waals surface area contributed by atoms with Gasteiger partial charge in [-0.1, -0.05) is 6.07 Å². The fourth-order valence-electron chi connectivity index (χ4n) is 3.98. The molecule has 10 nitrogen and oxygen atoms in total.